The molecule has 2 heteroatoms. The minimum absolute atomic E-state index is 0.660. The summed E-state index contributed by atoms with van der Waals surface area (Å²) in [5, 5.41) is 11.4. The molecule has 0 unspecified atom stereocenters. The SMILES string of the molecule is C=C=C(C(O)(CC)CC)[Si](C)(C)C. The predicted octanol–water partition coefficient (Wildman–Crippen LogP) is 3.13. The first-order chi connectivity index (χ1) is 5.81. The van der Waals surface area contributed by atoms with Crippen molar-refractivity contribution in [2.45, 2.75) is 51.9 Å². The number of hydrogen-bond donors (Lipinski definition) is 1. The first kappa shape index (κ1) is 12.7. The van der Waals surface area contributed by atoms with Gasteiger partial charge >= 0.3 is 0 Å². The standard InChI is InChI=1S/C11H22OSi/c1-7-10(13(4,5)6)11(12,8-2)9-3/h12H,1,8-9H2,2-6H3. The molecule has 0 atom stereocenters. The fraction of sp³-hybridized carbons (Fsp3) is 0.727. The van der Waals surface area contributed by atoms with Crippen molar-refractivity contribution in [3.8, 4) is 0 Å². The molecule has 0 amide bonds. The van der Waals surface area contributed by atoms with Gasteiger partial charge in [0, 0.05) is 0 Å². The van der Waals surface area contributed by atoms with Gasteiger partial charge in [-0.05, 0) is 18.0 Å². The van der Waals surface area contributed by atoms with Gasteiger partial charge in [-0.1, -0.05) is 40.1 Å². The van der Waals surface area contributed by atoms with Crippen LogP contribution in [0.2, 0.25) is 19.6 Å². The average molecular weight is 198 g/mol. The van der Waals surface area contributed by atoms with Crippen LogP contribution in [0.5, 0.6) is 0 Å². The second-order valence-electron chi connectivity index (χ2n) is 4.54. The van der Waals surface area contributed by atoms with Gasteiger partial charge in [0.15, 0.2) is 0 Å². The minimum atomic E-state index is -1.47. The Kier molecular flexibility index (Phi) is 4.17. The molecule has 0 spiro atoms. The first-order valence-corrected chi connectivity index (χ1v) is 8.45. The van der Waals surface area contributed by atoms with Crippen LogP contribution in [0.15, 0.2) is 17.5 Å². The topological polar surface area (TPSA) is 20.2 Å². The van der Waals surface area contributed by atoms with Crippen molar-refractivity contribution in [3.05, 3.63) is 17.5 Å². The zero-order valence-electron chi connectivity index (χ0n) is 9.57. The third kappa shape index (κ3) is 2.83. The maximum Gasteiger partial charge on any atom is 0.0887 e. The molecule has 0 radical (unpaired) electrons. The van der Waals surface area contributed by atoms with Crippen LogP contribution in [-0.2, 0) is 0 Å². The van der Waals surface area contributed by atoms with Gasteiger partial charge in [0.05, 0.1) is 13.7 Å². The summed E-state index contributed by atoms with van der Waals surface area (Å²) in [6.07, 6.45) is 1.51. The molecule has 1 nitrogen and oxygen atoms in total. The van der Waals surface area contributed by atoms with E-state index in [0.717, 1.165) is 18.0 Å². The molecule has 0 bridgehead atoms. The molecule has 0 aliphatic rings. The quantitative estimate of drug-likeness (QED) is 0.543. The molecule has 1 N–H and O–H groups in total. The summed E-state index contributed by atoms with van der Waals surface area (Å²) in [6.45, 7) is 14.4. The maximum absolute atomic E-state index is 10.3. The second kappa shape index (κ2) is 4.27. The molecule has 76 valence electrons. The lowest BCUT2D eigenvalue weighted by atomic mass is 9.97. The van der Waals surface area contributed by atoms with E-state index in [0.29, 0.717) is 0 Å². The second-order valence-corrected chi connectivity index (χ2v) is 9.54. The highest BCUT2D eigenvalue weighted by Gasteiger charge is 2.35. The zero-order valence-corrected chi connectivity index (χ0v) is 10.6. The summed E-state index contributed by atoms with van der Waals surface area (Å²) in [7, 11) is -1.47. The van der Waals surface area contributed by atoms with Gasteiger partial charge in [0.1, 0.15) is 0 Å². The van der Waals surface area contributed by atoms with Crippen molar-refractivity contribution in [2.24, 2.45) is 0 Å². The van der Waals surface area contributed by atoms with Crippen LogP contribution in [0.4, 0.5) is 0 Å². The summed E-state index contributed by atoms with van der Waals surface area (Å²) in [5.74, 6) is 0. The summed E-state index contributed by atoms with van der Waals surface area (Å²) in [5.41, 5.74) is 2.30. The van der Waals surface area contributed by atoms with Crippen molar-refractivity contribution < 1.29 is 5.11 Å². The smallest absolute Gasteiger partial charge is 0.0887 e. The van der Waals surface area contributed by atoms with Gasteiger partial charge in [-0.25, -0.2) is 0 Å². The van der Waals surface area contributed by atoms with Crippen LogP contribution in [0.3, 0.4) is 0 Å². The number of aliphatic hydroxyl groups is 1. The Bertz CT molecular complexity index is 215. The molecule has 0 aliphatic heterocycles. The number of rotatable bonds is 4. The molecule has 0 aromatic heterocycles. The van der Waals surface area contributed by atoms with E-state index in [1.165, 1.54) is 0 Å². The lowest BCUT2D eigenvalue weighted by Crippen LogP contribution is -2.41. The first-order valence-electron chi connectivity index (χ1n) is 4.95. The van der Waals surface area contributed by atoms with Crippen LogP contribution in [0.25, 0.3) is 0 Å². The normalized spacial score (nSPS) is 12.5. The van der Waals surface area contributed by atoms with Crippen LogP contribution in [0.1, 0.15) is 26.7 Å². The molecule has 0 rings (SSSR count). The molecular weight excluding hydrogens is 176 g/mol. The molecule has 13 heavy (non-hydrogen) atoms. The van der Waals surface area contributed by atoms with E-state index in [-0.39, 0.29) is 0 Å². The molecule has 0 saturated heterocycles. The molecule has 0 fully saturated rings. The molecule has 0 heterocycles. The number of hydrogen-bond acceptors (Lipinski definition) is 1. The third-order valence-corrected chi connectivity index (χ3v) is 4.70. The van der Waals surface area contributed by atoms with Gasteiger partial charge in [-0.3, -0.25) is 0 Å². The maximum atomic E-state index is 10.3. The fourth-order valence-electron chi connectivity index (χ4n) is 1.73. The molecule has 0 aromatic carbocycles. The average Bonchev–Trinajstić information content (AvgIpc) is 2.02. The lowest BCUT2D eigenvalue weighted by Gasteiger charge is -2.34. The van der Waals surface area contributed by atoms with Crippen LogP contribution in [-0.4, -0.2) is 18.8 Å². The lowest BCUT2D eigenvalue weighted by molar-refractivity contribution is 0.0768. The van der Waals surface area contributed by atoms with Crippen LogP contribution >= 0.6 is 0 Å². The summed E-state index contributed by atoms with van der Waals surface area (Å²) in [4.78, 5) is 0. The van der Waals surface area contributed by atoms with Crippen LogP contribution < -0.4 is 0 Å². The Labute approximate surface area is 83.2 Å². The highest BCUT2D eigenvalue weighted by Crippen LogP contribution is 2.30. The minimum Gasteiger partial charge on any atom is -0.385 e. The summed E-state index contributed by atoms with van der Waals surface area (Å²) >= 11 is 0. The van der Waals surface area contributed by atoms with E-state index < -0.39 is 13.7 Å². The largest absolute Gasteiger partial charge is 0.385 e. The van der Waals surface area contributed by atoms with Gasteiger partial charge < -0.3 is 5.11 Å². The van der Waals surface area contributed by atoms with Crippen molar-refractivity contribution in [1.82, 2.24) is 0 Å². The van der Waals surface area contributed by atoms with E-state index in [1.807, 2.05) is 13.8 Å². The summed E-state index contributed by atoms with van der Waals surface area (Å²) in [6, 6.07) is 0. The van der Waals surface area contributed by atoms with Crippen molar-refractivity contribution in [1.29, 1.82) is 0 Å². The predicted molar refractivity (Wildman–Crippen MR) is 61.5 cm³/mol. The Morgan fingerprint density at radius 3 is 1.77 bits per heavy atom. The molecule has 0 saturated carbocycles. The molecular formula is C11H22OSi. The van der Waals surface area contributed by atoms with E-state index in [9.17, 15) is 5.11 Å². The highest BCUT2D eigenvalue weighted by molar-refractivity contribution is 6.83. The Morgan fingerprint density at radius 1 is 1.31 bits per heavy atom. The van der Waals surface area contributed by atoms with Crippen molar-refractivity contribution >= 4 is 8.07 Å². The Hall–Kier alpha value is -0.303. The van der Waals surface area contributed by atoms with E-state index in [1.54, 1.807) is 0 Å². The third-order valence-electron chi connectivity index (χ3n) is 2.56. The van der Waals surface area contributed by atoms with E-state index >= 15 is 0 Å². The molecule has 0 aromatic rings. The van der Waals surface area contributed by atoms with Gasteiger partial charge in [0.2, 0.25) is 0 Å². The summed E-state index contributed by atoms with van der Waals surface area (Å²) < 4.78 is 0. The van der Waals surface area contributed by atoms with Gasteiger partial charge in [-0.2, -0.15) is 0 Å². The monoisotopic (exact) mass is 198 g/mol. The van der Waals surface area contributed by atoms with Gasteiger partial charge in [0.25, 0.3) is 0 Å². The fourth-order valence-corrected chi connectivity index (χ4v) is 4.01. The van der Waals surface area contributed by atoms with Crippen LogP contribution in [0, 0.1) is 0 Å². The Balaban J connectivity index is 5.11. The van der Waals surface area contributed by atoms with Gasteiger partial charge in [-0.15, -0.1) is 5.73 Å². The van der Waals surface area contributed by atoms with Crippen molar-refractivity contribution in [2.75, 3.05) is 0 Å². The highest BCUT2D eigenvalue weighted by atomic mass is 28.3. The zero-order chi connectivity index (χ0) is 10.7. The molecule has 0 aliphatic carbocycles. The van der Waals surface area contributed by atoms with Crippen molar-refractivity contribution in [3.63, 3.8) is 0 Å². The Morgan fingerprint density at radius 2 is 1.69 bits per heavy atom. The van der Waals surface area contributed by atoms with E-state index in [2.05, 4.69) is 32.0 Å². The van der Waals surface area contributed by atoms with E-state index in [4.69, 9.17) is 0 Å².